The third-order valence-corrected chi connectivity index (χ3v) is 3.77. The van der Waals surface area contributed by atoms with Crippen molar-refractivity contribution >= 4 is 11.6 Å². The minimum Gasteiger partial charge on any atom is -0.384 e. The Morgan fingerprint density at radius 3 is 2.61 bits per heavy atom. The number of rotatable bonds is 4. The molecule has 0 fully saturated rings. The van der Waals surface area contributed by atoms with Gasteiger partial charge < -0.3 is 5.32 Å². The zero-order valence-corrected chi connectivity index (χ0v) is 11.8. The van der Waals surface area contributed by atoms with Crippen molar-refractivity contribution in [3.63, 3.8) is 0 Å². The van der Waals surface area contributed by atoms with E-state index in [2.05, 4.69) is 43.4 Å². The van der Waals surface area contributed by atoms with Crippen LogP contribution in [0.25, 0.3) is 0 Å². The first-order chi connectivity index (χ1) is 8.72. The van der Waals surface area contributed by atoms with Gasteiger partial charge in [0, 0.05) is 23.7 Å². The van der Waals surface area contributed by atoms with Crippen LogP contribution in [0.1, 0.15) is 31.4 Å². The summed E-state index contributed by atoms with van der Waals surface area (Å²) < 4.78 is 0. The topological polar surface area (TPSA) is 12.0 Å². The highest BCUT2D eigenvalue weighted by Crippen LogP contribution is 2.20. The average molecular weight is 262 g/mol. The summed E-state index contributed by atoms with van der Waals surface area (Å²) in [5, 5.41) is 4.36. The predicted molar refractivity (Wildman–Crippen MR) is 79.0 cm³/mol. The minimum absolute atomic E-state index is 0.875. The number of halogens is 1. The van der Waals surface area contributed by atoms with Gasteiger partial charge in [0.05, 0.1) is 0 Å². The molecule has 0 radical (unpaired) electrons. The molecule has 0 atom stereocenters. The maximum absolute atomic E-state index is 6.14. The number of aryl methyl sites for hydroxylation is 1. The van der Waals surface area contributed by atoms with Gasteiger partial charge in [-0.3, -0.25) is 0 Å². The summed E-state index contributed by atoms with van der Waals surface area (Å²) in [4.78, 5) is 0. The summed E-state index contributed by atoms with van der Waals surface area (Å²) in [6.07, 6.45) is 7.50. The van der Waals surface area contributed by atoms with Crippen molar-refractivity contribution in [2.75, 3.05) is 6.54 Å². The van der Waals surface area contributed by atoms with E-state index in [-0.39, 0.29) is 0 Å². The Balaban J connectivity index is 2.11. The van der Waals surface area contributed by atoms with E-state index in [1.807, 2.05) is 6.07 Å². The first-order valence-electron chi connectivity index (χ1n) is 6.62. The van der Waals surface area contributed by atoms with Gasteiger partial charge in [0.15, 0.2) is 0 Å². The molecular formula is C16H20ClN. The molecule has 96 valence electrons. The fourth-order valence-corrected chi connectivity index (χ4v) is 2.41. The first kappa shape index (κ1) is 13.2. The van der Waals surface area contributed by atoms with Gasteiger partial charge >= 0.3 is 0 Å². The monoisotopic (exact) mass is 261 g/mol. The van der Waals surface area contributed by atoms with E-state index in [1.165, 1.54) is 22.4 Å². The molecule has 1 aliphatic heterocycles. The molecular weight excluding hydrogens is 242 g/mol. The lowest BCUT2D eigenvalue weighted by atomic mass is 10.0. The van der Waals surface area contributed by atoms with Crippen LogP contribution in [0.4, 0.5) is 0 Å². The molecule has 0 spiro atoms. The molecule has 18 heavy (non-hydrogen) atoms. The summed E-state index contributed by atoms with van der Waals surface area (Å²) >= 11 is 6.14. The van der Waals surface area contributed by atoms with Crippen LogP contribution < -0.4 is 5.32 Å². The number of nitrogens with one attached hydrogen (secondary N) is 1. The fraction of sp³-hybridized carbons (Fsp3) is 0.375. The van der Waals surface area contributed by atoms with Gasteiger partial charge in [-0.15, -0.1) is 0 Å². The highest BCUT2D eigenvalue weighted by Gasteiger charge is 2.06. The maximum atomic E-state index is 6.14. The Labute approximate surface area is 115 Å². The Hall–Kier alpha value is -1.21. The highest BCUT2D eigenvalue weighted by atomic mass is 35.5. The number of hydrogen-bond acceptors (Lipinski definition) is 1. The van der Waals surface area contributed by atoms with Crippen LogP contribution in [0.3, 0.4) is 0 Å². The van der Waals surface area contributed by atoms with Crippen LogP contribution in [-0.2, 0) is 12.8 Å². The number of allylic oxidation sites excluding steroid dienone is 3. The van der Waals surface area contributed by atoms with Crippen molar-refractivity contribution in [2.24, 2.45) is 0 Å². The molecule has 1 aromatic rings. The molecule has 0 saturated heterocycles. The Morgan fingerprint density at radius 1 is 1.17 bits per heavy atom. The average Bonchev–Trinajstić information content (AvgIpc) is 2.42. The number of benzene rings is 1. The van der Waals surface area contributed by atoms with Gasteiger partial charge in [0.25, 0.3) is 0 Å². The fourth-order valence-electron chi connectivity index (χ4n) is 2.16. The van der Waals surface area contributed by atoms with Crippen molar-refractivity contribution in [3.8, 4) is 0 Å². The zero-order chi connectivity index (χ0) is 13.0. The quantitative estimate of drug-likeness (QED) is 0.854. The summed E-state index contributed by atoms with van der Waals surface area (Å²) in [5.74, 6) is 0. The summed E-state index contributed by atoms with van der Waals surface area (Å²) in [5.41, 5.74) is 5.30. The minimum atomic E-state index is 0.875. The van der Waals surface area contributed by atoms with Crippen LogP contribution in [-0.4, -0.2) is 6.54 Å². The molecule has 1 aromatic carbocycles. The van der Waals surface area contributed by atoms with Gasteiger partial charge in [-0.25, -0.2) is 0 Å². The van der Waals surface area contributed by atoms with E-state index in [9.17, 15) is 0 Å². The molecule has 0 aromatic heterocycles. The van der Waals surface area contributed by atoms with Gasteiger partial charge in [0.1, 0.15) is 0 Å². The molecule has 1 heterocycles. The largest absolute Gasteiger partial charge is 0.384 e. The zero-order valence-electron chi connectivity index (χ0n) is 11.1. The van der Waals surface area contributed by atoms with Crippen molar-refractivity contribution in [1.29, 1.82) is 0 Å². The van der Waals surface area contributed by atoms with E-state index in [0.29, 0.717) is 0 Å². The molecule has 0 amide bonds. The second kappa shape index (κ2) is 6.10. The molecule has 0 saturated carbocycles. The molecule has 2 heteroatoms. The summed E-state index contributed by atoms with van der Waals surface area (Å²) in [7, 11) is 0. The van der Waals surface area contributed by atoms with E-state index in [4.69, 9.17) is 11.6 Å². The molecule has 2 rings (SSSR count). The second-order valence-corrected chi connectivity index (χ2v) is 5.09. The highest BCUT2D eigenvalue weighted by molar-refractivity contribution is 6.31. The number of dihydropyridines is 1. The maximum Gasteiger partial charge on any atom is 0.0438 e. The molecule has 0 unspecified atom stereocenters. The second-order valence-electron chi connectivity index (χ2n) is 4.68. The molecule has 1 N–H and O–H groups in total. The van der Waals surface area contributed by atoms with E-state index in [0.717, 1.165) is 30.8 Å². The Bertz CT molecular complexity index is 486. The van der Waals surface area contributed by atoms with Crippen LogP contribution in [0.15, 0.2) is 41.6 Å². The van der Waals surface area contributed by atoms with Gasteiger partial charge in [0.2, 0.25) is 0 Å². The van der Waals surface area contributed by atoms with E-state index < -0.39 is 0 Å². The molecule has 1 nitrogen and oxygen atoms in total. The third-order valence-electron chi connectivity index (χ3n) is 3.40. The van der Waals surface area contributed by atoms with Crippen molar-refractivity contribution in [1.82, 2.24) is 5.32 Å². The molecule has 0 bridgehead atoms. The van der Waals surface area contributed by atoms with Crippen LogP contribution in [0.2, 0.25) is 5.02 Å². The van der Waals surface area contributed by atoms with Crippen molar-refractivity contribution in [2.45, 2.75) is 33.1 Å². The molecule has 0 aliphatic carbocycles. The standard InChI is InChI=1S/C16H20ClN/c1-3-12-5-7-15(18-11-12)10-13-6-8-16(17)14(4-2)9-13/h5-9,18H,3-4,10-11H2,1-2H3. The SMILES string of the molecule is CCC1=CC=C(Cc2ccc(Cl)c(CC)c2)NC1. The van der Waals surface area contributed by atoms with E-state index in [1.54, 1.807) is 0 Å². The van der Waals surface area contributed by atoms with Crippen molar-refractivity contribution < 1.29 is 0 Å². The van der Waals surface area contributed by atoms with E-state index >= 15 is 0 Å². The predicted octanol–water partition coefficient (Wildman–Crippen LogP) is 4.27. The Kier molecular flexibility index (Phi) is 4.48. The van der Waals surface area contributed by atoms with Gasteiger partial charge in [-0.05, 0) is 36.1 Å². The summed E-state index contributed by atoms with van der Waals surface area (Å²) in [6.45, 7) is 5.31. The first-order valence-corrected chi connectivity index (χ1v) is 7.00. The smallest absolute Gasteiger partial charge is 0.0438 e. The third kappa shape index (κ3) is 3.17. The van der Waals surface area contributed by atoms with Gasteiger partial charge in [-0.1, -0.05) is 49.2 Å². The summed E-state index contributed by atoms with van der Waals surface area (Å²) in [6, 6.07) is 6.33. The lowest BCUT2D eigenvalue weighted by Gasteiger charge is -2.17. The Morgan fingerprint density at radius 2 is 2.00 bits per heavy atom. The molecule has 1 aliphatic rings. The normalized spacial score (nSPS) is 14.8. The van der Waals surface area contributed by atoms with Crippen molar-refractivity contribution in [3.05, 3.63) is 57.8 Å². The van der Waals surface area contributed by atoms with Crippen LogP contribution in [0, 0.1) is 0 Å². The van der Waals surface area contributed by atoms with Gasteiger partial charge in [-0.2, -0.15) is 0 Å². The number of hydrogen-bond donors (Lipinski definition) is 1. The lowest BCUT2D eigenvalue weighted by Crippen LogP contribution is -2.20. The van der Waals surface area contributed by atoms with Crippen LogP contribution in [0.5, 0.6) is 0 Å². The lowest BCUT2D eigenvalue weighted by molar-refractivity contribution is 0.793. The van der Waals surface area contributed by atoms with Crippen LogP contribution >= 0.6 is 11.6 Å².